The SMILES string of the molecule is CSC1(C(O)C2CCOC3(CCOC3)C2)CC1. The maximum Gasteiger partial charge on any atom is 0.0940 e. The van der Waals surface area contributed by atoms with Crippen LogP contribution in [0.2, 0.25) is 0 Å². The molecule has 1 spiro atoms. The van der Waals surface area contributed by atoms with Gasteiger partial charge in [0.15, 0.2) is 0 Å². The molecule has 0 radical (unpaired) electrons. The summed E-state index contributed by atoms with van der Waals surface area (Å²) in [5.41, 5.74) is -0.0710. The van der Waals surface area contributed by atoms with Gasteiger partial charge in [0.2, 0.25) is 0 Å². The van der Waals surface area contributed by atoms with E-state index in [-0.39, 0.29) is 16.5 Å². The van der Waals surface area contributed by atoms with E-state index >= 15 is 0 Å². The summed E-state index contributed by atoms with van der Waals surface area (Å²) in [5.74, 6) is 0.403. The van der Waals surface area contributed by atoms with Crippen LogP contribution in [-0.4, -0.2) is 47.6 Å². The Labute approximate surface area is 107 Å². The zero-order valence-corrected chi connectivity index (χ0v) is 11.3. The topological polar surface area (TPSA) is 38.7 Å². The minimum atomic E-state index is -0.154. The first kappa shape index (κ1) is 12.3. The first-order chi connectivity index (χ1) is 8.20. The van der Waals surface area contributed by atoms with Gasteiger partial charge in [-0.1, -0.05) is 0 Å². The molecular weight excluding hydrogens is 236 g/mol. The lowest BCUT2D eigenvalue weighted by molar-refractivity contribution is -0.117. The van der Waals surface area contributed by atoms with Crippen molar-refractivity contribution >= 4 is 11.8 Å². The van der Waals surface area contributed by atoms with Gasteiger partial charge in [0, 0.05) is 24.4 Å². The summed E-state index contributed by atoms with van der Waals surface area (Å²) in [6.07, 6.45) is 7.32. The van der Waals surface area contributed by atoms with Crippen molar-refractivity contribution in [3.8, 4) is 0 Å². The molecule has 3 rings (SSSR count). The zero-order chi connectivity index (χ0) is 11.9. The summed E-state index contributed by atoms with van der Waals surface area (Å²) < 4.78 is 11.6. The summed E-state index contributed by atoms with van der Waals surface area (Å²) in [5, 5.41) is 10.6. The molecule has 3 fully saturated rings. The van der Waals surface area contributed by atoms with Crippen molar-refractivity contribution < 1.29 is 14.6 Å². The largest absolute Gasteiger partial charge is 0.391 e. The second-order valence-corrected chi connectivity index (χ2v) is 7.02. The third-order valence-electron chi connectivity index (χ3n) is 4.73. The monoisotopic (exact) mass is 258 g/mol. The molecule has 17 heavy (non-hydrogen) atoms. The summed E-state index contributed by atoms with van der Waals surface area (Å²) >= 11 is 1.85. The summed E-state index contributed by atoms with van der Waals surface area (Å²) in [4.78, 5) is 0. The fourth-order valence-corrected chi connectivity index (χ4v) is 4.32. The molecule has 0 amide bonds. The Kier molecular flexibility index (Phi) is 3.18. The van der Waals surface area contributed by atoms with E-state index in [2.05, 4.69) is 6.26 Å². The van der Waals surface area contributed by atoms with E-state index in [1.165, 1.54) is 12.8 Å². The maximum atomic E-state index is 10.6. The van der Waals surface area contributed by atoms with Gasteiger partial charge >= 0.3 is 0 Å². The third-order valence-corrected chi connectivity index (χ3v) is 6.20. The van der Waals surface area contributed by atoms with Gasteiger partial charge in [0.25, 0.3) is 0 Å². The normalized spacial score (nSPS) is 41.6. The lowest BCUT2D eigenvalue weighted by Gasteiger charge is -2.40. The average Bonchev–Trinajstić information content (AvgIpc) is 3.05. The Bertz CT molecular complexity index is 284. The number of rotatable bonds is 3. The van der Waals surface area contributed by atoms with E-state index in [1.807, 2.05) is 11.8 Å². The van der Waals surface area contributed by atoms with Crippen molar-refractivity contribution in [3.05, 3.63) is 0 Å². The van der Waals surface area contributed by atoms with Crippen molar-refractivity contribution in [2.75, 3.05) is 26.1 Å². The van der Waals surface area contributed by atoms with E-state index in [0.29, 0.717) is 5.92 Å². The van der Waals surface area contributed by atoms with Crippen molar-refractivity contribution in [1.29, 1.82) is 0 Å². The number of hydrogen-bond acceptors (Lipinski definition) is 4. The molecular formula is C13H22O3S. The summed E-state index contributed by atoms with van der Waals surface area (Å²) in [7, 11) is 0. The van der Waals surface area contributed by atoms with Crippen LogP contribution < -0.4 is 0 Å². The lowest BCUT2D eigenvalue weighted by Crippen LogP contribution is -2.46. The molecule has 3 aliphatic rings. The highest BCUT2D eigenvalue weighted by atomic mass is 32.2. The predicted octanol–water partition coefficient (Wildman–Crippen LogP) is 1.83. The van der Waals surface area contributed by atoms with Crippen LogP contribution in [-0.2, 0) is 9.47 Å². The van der Waals surface area contributed by atoms with Gasteiger partial charge in [0.05, 0.1) is 18.3 Å². The molecule has 2 saturated heterocycles. The van der Waals surface area contributed by atoms with Gasteiger partial charge in [-0.25, -0.2) is 0 Å². The molecule has 2 aliphatic heterocycles. The van der Waals surface area contributed by atoms with Gasteiger partial charge in [0.1, 0.15) is 0 Å². The second-order valence-electron chi connectivity index (χ2n) is 5.80. The van der Waals surface area contributed by atoms with Gasteiger partial charge < -0.3 is 14.6 Å². The zero-order valence-electron chi connectivity index (χ0n) is 10.5. The predicted molar refractivity (Wildman–Crippen MR) is 68.3 cm³/mol. The van der Waals surface area contributed by atoms with Crippen LogP contribution >= 0.6 is 11.8 Å². The number of aliphatic hydroxyl groups excluding tert-OH is 1. The summed E-state index contributed by atoms with van der Waals surface area (Å²) in [6.45, 7) is 2.33. The number of ether oxygens (including phenoxy) is 2. The Hall–Kier alpha value is 0.230. The highest BCUT2D eigenvalue weighted by molar-refractivity contribution is 8.00. The molecule has 1 aliphatic carbocycles. The van der Waals surface area contributed by atoms with E-state index in [1.54, 1.807) is 0 Å². The Morgan fingerprint density at radius 1 is 1.29 bits per heavy atom. The third kappa shape index (κ3) is 2.14. The molecule has 0 bridgehead atoms. The van der Waals surface area contributed by atoms with Crippen molar-refractivity contribution in [1.82, 2.24) is 0 Å². The Balaban J connectivity index is 1.67. The molecule has 0 aromatic carbocycles. The fraction of sp³-hybridized carbons (Fsp3) is 1.00. The molecule has 3 nitrogen and oxygen atoms in total. The van der Waals surface area contributed by atoms with E-state index in [0.717, 1.165) is 39.1 Å². The lowest BCUT2D eigenvalue weighted by atomic mass is 9.81. The Morgan fingerprint density at radius 2 is 2.12 bits per heavy atom. The second kappa shape index (κ2) is 4.41. The number of hydrogen-bond donors (Lipinski definition) is 1. The van der Waals surface area contributed by atoms with Gasteiger partial charge in [-0.15, -0.1) is 0 Å². The molecule has 0 aromatic rings. The highest BCUT2D eigenvalue weighted by Gasteiger charge is 2.53. The van der Waals surface area contributed by atoms with Crippen LogP contribution in [0.25, 0.3) is 0 Å². The smallest absolute Gasteiger partial charge is 0.0940 e. The van der Waals surface area contributed by atoms with Crippen LogP contribution in [0.15, 0.2) is 0 Å². The summed E-state index contributed by atoms with van der Waals surface area (Å²) in [6, 6.07) is 0. The molecule has 3 unspecified atom stereocenters. The van der Waals surface area contributed by atoms with E-state index in [9.17, 15) is 5.11 Å². The Morgan fingerprint density at radius 3 is 2.71 bits per heavy atom. The first-order valence-electron chi connectivity index (χ1n) is 6.65. The molecule has 1 saturated carbocycles. The fourth-order valence-electron chi connectivity index (χ4n) is 3.37. The number of thioether (sulfide) groups is 1. The van der Waals surface area contributed by atoms with Gasteiger partial charge in [-0.2, -0.15) is 11.8 Å². The van der Waals surface area contributed by atoms with Crippen LogP contribution in [0.5, 0.6) is 0 Å². The quantitative estimate of drug-likeness (QED) is 0.838. The molecule has 1 N–H and O–H groups in total. The standard InChI is InChI=1S/C13H22O3S/c1-17-13(3-4-13)11(14)10-2-6-16-12(8-10)5-7-15-9-12/h10-11,14H,2-9H2,1H3. The highest BCUT2D eigenvalue weighted by Crippen LogP contribution is 2.54. The maximum absolute atomic E-state index is 10.6. The van der Waals surface area contributed by atoms with Crippen LogP contribution in [0.3, 0.4) is 0 Å². The van der Waals surface area contributed by atoms with Crippen LogP contribution in [0, 0.1) is 5.92 Å². The van der Waals surface area contributed by atoms with Crippen LogP contribution in [0.4, 0.5) is 0 Å². The van der Waals surface area contributed by atoms with Crippen molar-refractivity contribution in [2.45, 2.75) is 48.6 Å². The number of aliphatic hydroxyl groups is 1. The van der Waals surface area contributed by atoms with Gasteiger partial charge in [-0.05, 0) is 37.9 Å². The van der Waals surface area contributed by atoms with Crippen molar-refractivity contribution in [2.24, 2.45) is 5.92 Å². The van der Waals surface area contributed by atoms with Gasteiger partial charge in [-0.3, -0.25) is 0 Å². The van der Waals surface area contributed by atoms with E-state index < -0.39 is 0 Å². The van der Waals surface area contributed by atoms with Crippen LogP contribution in [0.1, 0.15) is 32.1 Å². The minimum absolute atomic E-state index is 0.0710. The molecule has 2 heterocycles. The molecule has 0 aromatic heterocycles. The molecule has 3 atom stereocenters. The minimum Gasteiger partial charge on any atom is -0.391 e. The molecule has 4 heteroatoms. The molecule has 98 valence electrons. The van der Waals surface area contributed by atoms with Crippen molar-refractivity contribution in [3.63, 3.8) is 0 Å². The van der Waals surface area contributed by atoms with E-state index in [4.69, 9.17) is 9.47 Å². The average molecular weight is 258 g/mol. The first-order valence-corrected chi connectivity index (χ1v) is 7.87.